The Morgan fingerprint density at radius 1 is 0.707 bits per heavy atom. The number of unbranched alkanes of at least 4 members (excludes halogenated alkanes) is 2. The van der Waals surface area contributed by atoms with Gasteiger partial charge in [0.05, 0.1) is 23.3 Å². The average molecular weight is 656 g/mol. The average Bonchev–Trinajstić information content (AvgIpc) is 2.93. The minimum Gasteiger partial charge on any atom is -0.480 e. The minimum absolute atomic E-state index is 0.198. The summed E-state index contributed by atoms with van der Waals surface area (Å²) in [5.41, 5.74) is 0. The number of rotatable bonds is 18. The Bertz CT molecular complexity index is 1040. The quantitative estimate of drug-likeness (QED) is 0.118. The van der Waals surface area contributed by atoms with Crippen LogP contribution in [0.5, 0.6) is 11.5 Å². The van der Waals surface area contributed by atoms with E-state index >= 15 is 0 Å². The molecule has 230 valence electrons. The number of carbonyl (C=O) groups excluding carboxylic acids is 2. The maximum absolute atomic E-state index is 11.7. The SMILES string of the molecule is CCCCOCCOC(=O)C(C)Oc1ccc(Cl)cc1Cl.CCCCOCCOC(=O)COc1ccc(Cl)cc1Cl. The van der Waals surface area contributed by atoms with Crippen molar-refractivity contribution in [1.82, 2.24) is 0 Å². The van der Waals surface area contributed by atoms with Crippen molar-refractivity contribution < 1.29 is 38.0 Å². The highest BCUT2D eigenvalue weighted by atomic mass is 35.5. The van der Waals surface area contributed by atoms with Crippen LogP contribution in [-0.4, -0.2) is 64.3 Å². The highest BCUT2D eigenvalue weighted by Crippen LogP contribution is 2.29. The summed E-state index contributed by atoms with van der Waals surface area (Å²) >= 11 is 23.4. The van der Waals surface area contributed by atoms with Gasteiger partial charge in [0.2, 0.25) is 0 Å². The van der Waals surface area contributed by atoms with Crippen LogP contribution in [0.1, 0.15) is 46.5 Å². The summed E-state index contributed by atoms with van der Waals surface area (Å²) in [6, 6.07) is 9.59. The fraction of sp³-hybridized carbons (Fsp3) is 0.517. The van der Waals surface area contributed by atoms with Gasteiger partial charge in [0.25, 0.3) is 0 Å². The van der Waals surface area contributed by atoms with E-state index in [1.807, 2.05) is 0 Å². The Morgan fingerprint density at radius 2 is 1.22 bits per heavy atom. The van der Waals surface area contributed by atoms with E-state index in [0.717, 1.165) is 25.7 Å². The van der Waals surface area contributed by atoms with Crippen LogP contribution in [0.25, 0.3) is 0 Å². The van der Waals surface area contributed by atoms with Crippen LogP contribution in [0.4, 0.5) is 0 Å². The first kappa shape index (κ1) is 37.1. The molecule has 8 nitrogen and oxygen atoms in total. The Kier molecular flexibility index (Phi) is 20.5. The van der Waals surface area contributed by atoms with Gasteiger partial charge in [0.15, 0.2) is 12.7 Å². The molecule has 0 aromatic heterocycles. The molecule has 0 saturated carbocycles. The standard InChI is InChI=1S/C15H20Cl2O4.C14H18Cl2O4/c1-3-4-7-19-8-9-20-15(18)11(2)21-14-6-5-12(16)10-13(14)17;1-2-3-6-18-7-8-19-14(17)10-20-13-5-4-11(15)9-12(13)16/h5-6,10-11H,3-4,7-9H2,1-2H3;4-5,9H,2-3,6-8,10H2,1H3. The molecule has 0 heterocycles. The van der Waals surface area contributed by atoms with Crippen molar-refractivity contribution in [2.45, 2.75) is 52.6 Å². The van der Waals surface area contributed by atoms with Crippen molar-refractivity contribution in [3.8, 4) is 11.5 Å². The monoisotopic (exact) mass is 654 g/mol. The van der Waals surface area contributed by atoms with Crippen molar-refractivity contribution >= 4 is 58.3 Å². The third-order valence-electron chi connectivity index (χ3n) is 5.02. The molecule has 0 aliphatic carbocycles. The molecule has 0 N–H and O–H groups in total. The van der Waals surface area contributed by atoms with E-state index in [2.05, 4.69) is 13.8 Å². The van der Waals surface area contributed by atoms with Crippen LogP contribution in [0, 0.1) is 0 Å². The van der Waals surface area contributed by atoms with Gasteiger partial charge >= 0.3 is 11.9 Å². The van der Waals surface area contributed by atoms with E-state index in [1.165, 1.54) is 0 Å². The smallest absolute Gasteiger partial charge is 0.347 e. The molecule has 2 aromatic carbocycles. The zero-order valence-electron chi connectivity index (χ0n) is 23.6. The molecular formula is C29H38Cl4O8. The van der Waals surface area contributed by atoms with Crippen LogP contribution < -0.4 is 9.47 Å². The van der Waals surface area contributed by atoms with Gasteiger partial charge in [-0.05, 0) is 56.2 Å². The first-order valence-electron chi connectivity index (χ1n) is 13.3. The topological polar surface area (TPSA) is 89.5 Å². The van der Waals surface area contributed by atoms with Crippen molar-refractivity contribution in [2.75, 3.05) is 46.2 Å². The van der Waals surface area contributed by atoms with E-state index in [4.69, 9.17) is 74.8 Å². The number of hydrogen-bond acceptors (Lipinski definition) is 8. The number of halogens is 4. The summed E-state index contributed by atoms with van der Waals surface area (Å²) in [5.74, 6) is -0.132. The maximum Gasteiger partial charge on any atom is 0.347 e. The summed E-state index contributed by atoms with van der Waals surface area (Å²) < 4.78 is 31.3. The number of ether oxygens (including phenoxy) is 6. The predicted molar refractivity (Wildman–Crippen MR) is 162 cm³/mol. The number of benzene rings is 2. The van der Waals surface area contributed by atoms with Gasteiger partial charge in [0.1, 0.15) is 24.7 Å². The number of carbonyl (C=O) groups is 2. The van der Waals surface area contributed by atoms with Gasteiger partial charge < -0.3 is 28.4 Å². The molecule has 12 heteroatoms. The summed E-state index contributed by atoms with van der Waals surface area (Å²) in [6.45, 7) is 8.16. The van der Waals surface area contributed by atoms with Crippen LogP contribution >= 0.6 is 46.4 Å². The van der Waals surface area contributed by atoms with E-state index in [9.17, 15) is 9.59 Å². The third kappa shape index (κ3) is 17.6. The van der Waals surface area contributed by atoms with Crippen LogP contribution in [-0.2, 0) is 28.5 Å². The second kappa shape index (κ2) is 22.6. The molecule has 2 aromatic rings. The van der Waals surface area contributed by atoms with Gasteiger partial charge in [-0.1, -0.05) is 73.1 Å². The third-order valence-corrected chi connectivity index (χ3v) is 6.08. The Labute approximate surface area is 262 Å². The van der Waals surface area contributed by atoms with Gasteiger partial charge in [0, 0.05) is 23.3 Å². The summed E-state index contributed by atoms with van der Waals surface area (Å²) in [5, 5.41) is 1.72. The zero-order chi connectivity index (χ0) is 30.5. The van der Waals surface area contributed by atoms with Crippen LogP contribution in [0.2, 0.25) is 20.1 Å². The number of hydrogen-bond donors (Lipinski definition) is 0. The lowest BCUT2D eigenvalue weighted by Gasteiger charge is -2.15. The summed E-state index contributed by atoms with van der Waals surface area (Å²) in [6.07, 6.45) is 3.41. The van der Waals surface area contributed by atoms with Crippen LogP contribution in [0.3, 0.4) is 0 Å². The highest BCUT2D eigenvalue weighted by molar-refractivity contribution is 6.36. The van der Waals surface area contributed by atoms with Gasteiger partial charge in [-0.15, -0.1) is 0 Å². The Morgan fingerprint density at radius 3 is 1.73 bits per heavy atom. The molecule has 0 saturated heterocycles. The summed E-state index contributed by atoms with van der Waals surface area (Å²) in [7, 11) is 0. The molecule has 41 heavy (non-hydrogen) atoms. The largest absolute Gasteiger partial charge is 0.480 e. The predicted octanol–water partition coefficient (Wildman–Crippen LogP) is 7.85. The molecule has 0 radical (unpaired) electrons. The molecule has 0 amide bonds. The molecule has 0 bridgehead atoms. The van der Waals surface area contributed by atoms with Gasteiger partial charge in [-0.2, -0.15) is 0 Å². The molecule has 2 rings (SSSR count). The normalized spacial score (nSPS) is 11.2. The molecule has 0 aliphatic heterocycles. The minimum atomic E-state index is -0.751. The van der Waals surface area contributed by atoms with E-state index in [-0.39, 0.29) is 19.8 Å². The maximum atomic E-state index is 11.7. The first-order valence-corrected chi connectivity index (χ1v) is 14.9. The van der Waals surface area contributed by atoms with E-state index in [1.54, 1.807) is 43.3 Å². The first-order chi connectivity index (χ1) is 19.7. The van der Waals surface area contributed by atoms with Gasteiger partial charge in [-0.3, -0.25) is 0 Å². The van der Waals surface area contributed by atoms with Crippen LogP contribution in [0.15, 0.2) is 36.4 Å². The van der Waals surface area contributed by atoms with Crippen molar-refractivity contribution in [1.29, 1.82) is 0 Å². The Hall–Kier alpha value is -1.94. The summed E-state index contributed by atoms with van der Waals surface area (Å²) in [4.78, 5) is 23.2. The lowest BCUT2D eigenvalue weighted by Crippen LogP contribution is -2.27. The molecule has 0 aliphatic rings. The van der Waals surface area contributed by atoms with Crippen molar-refractivity contribution in [2.24, 2.45) is 0 Å². The fourth-order valence-electron chi connectivity index (χ4n) is 2.81. The lowest BCUT2D eigenvalue weighted by atomic mass is 10.3. The molecule has 0 fully saturated rings. The molecular weight excluding hydrogens is 618 g/mol. The van der Waals surface area contributed by atoms with Crippen molar-refractivity contribution in [3.63, 3.8) is 0 Å². The molecule has 1 unspecified atom stereocenters. The second-order valence-electron chi connectivity index (χ2n) is 8.52. The fourth-order valence-corrected chi connectivity index (χ4v) is 3.73. The highest BCUT2D eigenvalue weighted by Gasteiger charge is 2.17. The second-order valence-corrected chi connectivity index (χ2v) is 10.2. The lowest BCUT2D eigenvalue weighted by molar-refractivity contribution is -0.152. The van der Waals surface area contributed by atoms with Crippen molar-refractivity contribution in [3.05, 3.63) is 56.5 Å². The zero-order valence-corrected chi connectivity index (χ0v) is 26.6. The molecule has 0 spiro atoms. The Balaban J connectivity index is 0.000000410. The van der Waals surface area contributed by atoms with E-state index < -0.39 is 18.0 Å². The van der Waals surface area contributed by atoms with E-state index in [0.29, 0.717) is 58.0 Å². The molecule has 1 atom stereocenters. The van der Waals surface area contributed by atoms with Gasteiger partial charge in [-0.25, -0.2) is 9.59 Å². The number of esters is 2.